The van der Waals surface area contributed by atoms with Crippen molar-refractivity contribution in [3.63, 3.8) is 0 Å². The van der Waals surface area contributed by atoms with Gasteiger partial charge in [-0.2, -0.15) is 0 Å². The molecule has 1 amide bonds. The minimum Gasteiger partial charge on any atom is -0.452 e. The molecule has 0 bridgehead atoms. The number of aryl methyl sites for hydroxylation is 1. The van der Waals surface area contributed by atoms with E-state index in [2.05, 4.69) is 5.32 Å². The Hall–Kier alpha value is -2.70. The lowest BCUT2D eigenvalue weighted by Gasteiger charge is -2.18. The first kappa shape index (κ1) is 19.1. The molecule has 6 heteroatoms. The first-order valence-corrected chi connectivity index (χ1v) is 10.2. The van der Waals surface area contributed by atoms with Crippen LogP contribution in [-0.4, -0.2) is 18.5 Å². The van der Waals surface area contributed by atoms with Crippen molar-refractivity contribution in [3.8, 4) is 0 Å². The molecule has 0 fully saturated rings. The predicted octanol–water partition coefficient (Wildman–Crippen LogP) is 4.58. The maximum Gasteiger partial charge on any atom is 0.331 e. The summed E-state index contributed by atoms with van der Waals surface area (Å²) in [5.41, 5.74) is 2.08. The molecule has 0 unspecified atom stereocenters. The van der Waals surface area contributed by atoms with E-state index in [9.17, 15) is 9.59 Å². The highest BCUT2D eigenvalue weighted by molar-refractivity contribution is 7.11. The Morgan fingerprint density at radius 1 is 1.07 bits per heavy atom. The van der Waals surface area contributed by atoms with Crippen molar-refractivity contribution >= 4 is 40.6 Å². The Balaban J connectivity index is 1.57. The summed E-state index contributed by atoms with van der Waals surface area (Å²) in [6, 6.07) is 15.4. The van der Waals surface area contributed by atoms with Crippen LogP contribution in [0.5, 0.6) is 0 Å². The van der Waals surface area contributed by atoms with E-state index in [0.717, 1.165) is 20.9 Å². The van der Waals surface area contributed by atoms with Crippen LogP contribution in [0.15, 0.2) is 65.4 Å². The molecule has 3 aromatic rings. The van der Waals surface area contributed by atoms with Gasteiger partial charge in [0.15, 0.2) is 6.61 Å². The maximum absolute atomic E-state index is 12.3. The Labute approximate surface area is 166 Å². The largest absolute Gasteiger partial charge is 0.452 e. The van der Waals surface area contributed by atoms with Gasteiger partial charge in [-0.1, -0.05) is 36.4 Å². The molecule has 4 nitrogen and oxygen atoms in total. The van der Waals surface area contributed by atoms with Gasteiger partial charge in [0.25, 0.3) is 5.91 Å². The van der Waals surface area contributed by atoms with Crippen LogP contribution in [0, 0.1) is 6.92 Å². The maximum atomic E-state index is 12.3. The number of thiophene rings is 2. The molecule has 2 aromatic heterocycles. The number of carbonyl (C=O) groups excluding carboxylic acids is 2. The molecule has 1 N–H and O–H groups in total. The van der Waals surface area contributed by atoms with Gasteiger partial charge in [0.1, 0.15) is 0 Å². The first-order chi connectivity index (χ1) is 13.1. The van der Waals surface area contributed by atoms with Crippen molar-refractivity contribution in [2.24, 2.45) is 0 Å². The minimum atomic E-state index is -0.537. The summed E-state index contributed by atoms with van der Waals surface area (Å²) < 4.78 is 5.07. The molecule has 27 heavy (non-hydrogen) atoms. The number of carbonyl (C=O) groups is 2. The van der Waals surface area contributed by atoms with Gasteiger partial charge in [-0.15, -0.1) is 22.7 Å². The number of nitrogens with one attached hydrogen (secondary N) is 1. The van der Waals surface area contributed by atoms with Gasteiger partial charge in [0.2, 0.25) is 0 Å². The molecule has 0 saturated heterocycles. The van der Waals surface area contributed by atoms with Gasteiger partial charge in [-0.25, -0.2) is 4.79 Å². The third kappa shape index (κ3) is 5.39. The van der Waals surface area contributed by atoms with Crippen LogP contribution in [0.25, 0.3) is 6.08 Å². The monoisotopic (exact) mass is 397 g/mol. The molecule has 0 spiro atoms. The summed E-state index contributed by atoms with van der Waals surface area (Å²) in [5.74, 6) is -0.878. The molecule has 1 atom stereocenters. The second-order valence-corrected chi connectivity index (χ2v) is 7.76. The molecule has 138 valence electrons. The van der Waals surface area contributed by atoms with Gasteiger partial charge >= 0.3 is 5.97 Å². The molecule has 0 radical (unpaired) electrons. The van der Waals surface area contributed by atoms with Crippen molar-refractivity contribution in [3.05, 3.63) is 86.2 Å². The van der Waals surface area contributed by atoms with Crippen LogP contribution >= 0.6 is 22.7 Å². The van der Waals surface area contributed by atoms with Gasteiger partial charge < -0.3 is 10.1 Å². The topological polar surface area (TPSA) is 55.4 Å². The summed E-state index contributed by atoms with van der Waals surface area (Å²) in [5, 5.41) is 6.87. The highest BCUT2D eigenvalue weighted by Crippen LogP contribution is 2.25. The third-order valence-electron chi connectivity index (χ3n) is 3.88. The number of hydrogen-bond donors (Lipinski definition) is 1. The van der Waals surface area contributed by atoms with Crippen LogP contribution in [0.2, 0.25) is 0 Å². The number of hydrogen-bond acceptors (Lipinski definition) is 5. The summed E-state index contributed by atoms with van der Waals surface area (Å²) in [7, 11) is 0. The van der Waals surface area contributed by atoms with E-state index >= 15 is 0 Å². The van der Waals surface area contributed by atoms with E-state index in [0.29, 0.717) is 0 Å². The molecule has 0 aliphatic heterocycles. The van der Waals surface area contributed by atoms with Crippen LogP contribution in [-0.2, 0) is 14.3 Å². The van der Waals surface area contributed by atoms with E-state index in [-0.39, 0.29) is 18.6 Å². The molecular weight excluding hydrogens is 378 g/mol. The van der Waals surface area contributed by atoms with E-state index < -0.39 is 5.97 Å². The summed E-state index contributed by atoms with van der Waals surface area (Å²) in [4.78, 5) is 26.2. The zero-order valence-electron chi connectivity index (χ0n) is 14.8. The zero-order valence-corrected chi connectivity index (χ0v) is 16.4. The third-order valence-corrected chi connectivity index (χ3v) is 5.81. The van der Waals surface area contributed by atoms with Crippen molar-refractivity contribution in [1.29, 1.82) is 0 Å². The number of benzene rings is 1. The zero-order chi connectivity index (χ0) is 19.1. The summed E-state index contributed by atoms with van der Waals surface area (Å²) >= 11 is 3.12. The van der Waals surface area contributed by atoms with E-state index in [1.165, 1.54) is 6.08 Å². The molecule has 3 rings (SSSR count). The SMILES string of the molecule is Cc1ccsc1/C=C/C(=O)OCC(=O)N[C@H](c1ccccc1)c1cccs1. The lowest BCUT2D eigenvalue weighted by Crippen LogP contribution is -2.32. The van der Waals surface area contributed by atoms with E-state index in [4.69, 9.17) is 4.74 Å². The average molecular weight is 398 g/mol. The van der Waals surface area contributed by atoms with Crippen molar-refractivity contribution in [2.75, 3.05) is 6.61 Å². The van der Waals surface area contributed by atoms with E-state index in [1.54, 1.807) is 28.7 Å². The Bertz CT molecular complexity index is 914. The first-order valence-electron chi connectivity index (χ1n) is 8.40. The molecule has 0 aliphatic carbocycles. The Kier molecular flexibility index (Phi) is 6.57. The summed E-state index contributed by atoms with van der Waals surface area (Å²) in [6.07, 6.45) is 3.05. The second kappa shape index (κ2) is 9.30. The van der Waals surface area contributed by atoms with Crippen LogP contribution in [0.4, 0.5) is 0 Å². The number of ether oxygens (including phenoxy) is 1. The smallest absolute Gasteiger partial charge is 0.331 e. The average Bonchev–Trinajstić information content (AvgIpc) is 3.35. The van der Waals surface area contributed by atoms with Gasteiger partial charge in [0, 0.05) is 15.8 Å². The molecule has 0 aliphatic rings. The minimum absolute atomic E-state index is 0.262. The van der Waals surface area contributed by atoms with E-state index in [1.807, 2.05) is 66.2 Å². The fourth-order valence-electron chi connectivity index (χ4n) is 2.51. The Morgan fingerprint density at radius 3 is 2.56 bits per heavy atom. The normalized spacial score (nSPS) is 12.0. The van der Waals surface area contributed by atoms with Crippen molar-refractivity contribution in [1.82, 2.24) is 5.32 Å². The van der Waals surface area contributed by atoms with Gasteiger partial charge in [-0.05, 0) is 47.0 Å². The lowest BCUT2D eigenvalue weighted by atomic mass is 10.1. The molecular formula is C21H19NO3S2. The van der Waals surface area contributed by atoms with Crippen LogP contribution < -0.4 is 5.32 Å². The molecule has 0 saturated carbocycles. The number of esters is 1. The van der Waals surface area contributed by atoms with Crippen LogP contribution in [0.3, 0.4) is 0 Å². The molecule has 1 aromatic carbocycles. The fraction of sp³-hybridized carbons (Fsp3) is 0.143. The van der Waals surface area contributed by atoms with Crippen LogP contribution in [0.1, 0.15) is 26.9 Å². The molecule has 2 heterocycles. The van der Waals surface area contributed by atoms with Crippen molar-refractivity contribution in [2.45, 2.75) is 13.0 Å². The highest BCUT2D eigenvalue weighted by Gasteiger charge is 2.18. The predicted molar refractivity (Wildman–Crippen MR) is 110 cm³/mol. The Morgan fingerprint density at radius 2 is 1.89 bits per heavy atom. The second-order valence-electron chi connectivity index (χ2n) is 5.84. The lowest BCUT2D eigenvalue weighted by molar-refractivity contribution is -0.143. The fourth-order valence-corrected chi connectivity index (χ4v) is 4.13. The number of amides is 1. The van der Waals surface area contributed by atoms with Crippen molar-refractivity contribution < 1.29 is 14.3 Å². The van der Waals surface area contributed by atoms with Gasteiger partial charge in [-0.3, -0.25) is 4.79 Å². The summed E-state index contributed by atoms with van der Waals surface area (Å²) in [6.45, 7) is 1.66. The number of rotatable bonds is 7. The quantitative estimate of drug-likeness (QED) is 0.469. The highest BCUT2D eigenvalue weighted by atomic mass is 32.1. The van der Waals surface area contributed by atoms with Gasteiger partial charge in [0.05, 0.1) is 6.04 Å². The standard InChI is InChI=1S/C21H19NO3S2/c1-15-11-13-27-17(15)9-10-20(24)25-14-19(23)22-21(18-8-5-12-26-18)16-6-3-2-4-7-16/h2-13,21H,14H2,1H3,(H,22,23)/b10-9+/t21-/m1/s1.